The summed E-state index contributed by atoms with van der Waals surface area (Å²) in [6, 6.07) is 7.18. The number of carbonyl (C=O) groups is 1. The van der Waals surface area contributed by atoms with E-state index in [0.29, 0.717) is 5.75 Å². The molecule has 1 saturated carbocycles. The van der Waals surface area contributed by atoms with Crippen LogP contribution in [0.2, 0.25) is 0 Å². The number of carbonyl (C=O) groups excluding carboxylic acids is 1. The summed E-state index contributed by atoms with van der Waals surface area (Å²) >= 11 is 0. The van der Waals surface area contributed by atoms with Gasteiger partial charge >= 0.3 is 16.3 Å². The second-order valence-electron chi connectivity index (χ2n) is 7.83. The van der Waals surface area contributed by atoms with E-state index >= 15 is 0 Å². The van der Waals surface area contributed by atoms with Crippen molar-refractivity contribution >= 4 is 16.3 Å². The Hall–Kier alpha value is -1.76. The van der Waals surface area contributed by atoms with Crippen LogP contribution in [0.4, 0.5) is 0 Å². The number of nitrogens with zero attached hydrogens (tertiary/aromatic N) is 1. The lowest BCUT2D eigenvalue weighted by atomic mass is 9.99. The van der Waals surface area contributed by atoms with Crippen molar-refractivity contribution in [1.29, 1.82) is 0 Å². The molecule has 0 aromatic heterocycles. The molecule has 1 aromatic carbocycles. The molecule has 1 aromatic rings. The smallest absolute Gasteiger partial charge is 0.338 e. The predicted molar refractivity (Wildman–Crippen MR) is 106 cm³/mol. The first kappa shape index (κ1) is 22.4. The Labute approximate surface area is 181 Å². The standard InChI is InChI=1S/C20H27NO9S/c1-5-26-19(22)15-14-17(15)28-13-10-27-20(11-6-8-12(25-4)9-7-11)29-16(13)18(14)30-31(23,24)21(2)3/h6-9,13-18,20H,5,10H2,1-4H3/t13-,14+,15?,16-,17+,18-,20-/m1/s1. The summed E-state index contributed by atoms with van der Waals surface area (Å²) in [5.41, 5.74) is 0.744. The highest BCUT2D eigenvalue weighted by molar-refractivity contribution is 7.84. The van der Waals surface area contributed by atoms with Gasteiger partial charge in [0.15, 0.2) is 6.29 Å². The van der Waals surface area contributed by atoms with Crippen molar-refractivity contribution in [3.8, 4) is 5.75 Å². The maximum Gasteiger partial charge on any atom is 0.338 e. The van der Waals surface area contributed by atoms with Gasteiger partial charge in [0.25, 0.3) is 0 Å². The van der Waals surface area contributed by atoms with E-state index in [9.17, 15) is 13.2 Å². The molecule has 1 aliphatic carbocycles. The quantitative estimate of drug-likeness (QED) is 0.551. The highest BCUT2D eigenvalue weighted by Gasteiger charge is 2.69. The molecule has 7 atom stereocenters. The van der Waals surface area contributed by atoms with Crippen LogP contribution in [0.25, 0.3) is 0 Å². The Morgan fingerprint density at radius 2 is 1.87 bits per heavy atom. The van der Waals surface area contributed by atoms with Crippen LogP contribution in [0.3, 0.4) is 0 Å². The lowest BCUT2D eigenvalue weighted by Crippen LogP contribution is -2.55. The summed E-state index contributed by atoms with van der Waals surface area (Å²) in [7, 11) is 0.315. The number of hydrogen-bond donors (Lipinski definition) is 0. The second-order valence-corrected chi connectivity index (χ2v) is 9.61. The summed E-state index contributed by atoms with van der Waals surface area (Å²) in [4.78, 5) is 12.4. The fourth-order valence-corrected chi connectivity index (χ4v) is 4.75. The monoisotopic (exact) mass is 457 g/mol. The number of methoxy groups -OCH3 is 1. The van der Waals surface area contributed by atoms with Crippen molar-refractivity contribution < 1.29 is 41.1 Å². The van der Waals surface area contributed by atoms with E-state index in [2.05, 4.69) is 0 Å². The average molecular weight is 458 g/mol. The fourth-order valence-electron chi connectivity index (χ4n) is 4.06. The van der Waals surface area contributed by atoms with Crippen molar-refractivity contribution in [2.24, 2.45) is 11.8 Å². The molecule has 2 saturated heterocycles. The van der Waals surface area contributed by atoms with Crippen molar-refractivity contribution in [3.05, 3.63) is 29.8 Å². The van der Waals surface area contributed by atoms with Gasteiger partial charge in [0.2, 0.25) is 0 Å². The Balaban J connectivity index is 1.58. The van der Waals surface area contributed by atoms with E-state index < -0.39 is 58.8 Å². The molecular weight excluding hydrogens is 430 g/mol. The molecule has 4 rings (SSSR count). The molecule has 1 unspecified atom stereocenters. The summed E-state index contributed by atoms with van der Waals surface area (Å²) in [5, 5.41) is 0. The molecule has 10 nitrogen and oxygen atoms in total. The van der Waals surface area contributed by atoms with Gasteiger partial charge in [-0.3, -0.25) is 8.98 Å². The highest BCUT2D eigenvalue weighted by Crippen LogP contribution is 2.54. The van der Waals surface area contributed by atoms with Gasteiger partial charge in [-0.05, 0) is 19.1 Å². The molecule has 0 N–H and O–H groups in total. The summed E-state index contributed by atoms with van der Waals surface area (Å²) < 4.78 is 59.8. The molecule has 172 valence electrons. The minimum Gasteiger partial charge on any atom is -0.497 e. The normalized spacial score (nSPS) is 34.5. The number of rotatable bonds is 7. The minimum atomic E-state index is -4.02. The Morgan fingerprint density at radius 1 is 1.16 bits per heavy atom. The summed E-state index contributed by atoms with van der Waals surface area (Å²) in [6.07, 6.45) is -3.45. The maximum absolute atomic E-state index is 12.5. The van der Waals surface area contributed by atoms with Gasteiger partial charge in [-0.15, -0.1) is 0 Å². The molecule has 31 heavy (non-hydrogen) atoms. The van der Waals surface area contributed by atoms with Crippen LogP contribution in [0, 0.1) is 11.8 Å². The zero-order valence-corrected chi connectivity index (χ0v) is 18.6. The average Bonchev–Trinajstić information content (AvgIpc) is 3.47. The molecule has 3 fully saturated rings. The van der Waals surface area contributed by atoms with Crippen molar-refractivity contribution in [1.82, 2.24) is 4.31 Å². The van der Waals surface area contributed by atoms with Crippen LogP contribution in [0.5, 0.6) is 5.75 Å². The van der Waals surface area contributed by atoms with Crippen molar-refractivity contribution in [2.45, 2.75) is 37.6 Å². The van der Waals surface area contributed by atoms with Gasteiger partial charge in [0.05, 0.1) is 32.3 Å². The molecule has 3 aliphatic rings. The predicted octanol–water partition coefficient (Wildman–Crippen LogP) is 0.877. The first-order chi connectivity index (χ1) is 14.8. The maximum atomic E-state index is 12.5. The van der Waals surface area contributed by atoms with Gasteiger partial charge in [-0.1, -0.05) is 12.1 Å². The summed E-state index contributed by atoms with van der Waals surface area (Å²) in [5.74, 6) is -0.824. The Kier molecular flexibility index (Phi) is 6.25. The second kappa shape index (κ2) is 8.64. The number of benzene rings is 1. The van der Waals surface area contributed by atoms with Gasteiger partial charge in [-0.25, -0.2) is 0 Å². The first-order valence-electron chi connectivity index (χ1n) is 10.1. The fraction of sp³-hybridized carbons (Fsp3) is 0.650. The van der Waals surface area contributed by atoms with Gasteiger partial charge in [0.1, 0.15) is 24.1 Å². The third-order valence-corrected chi connectivity index (χ3v) is 7.09. The zero-order chi connectivity index (χ0) is 22.3. The van der Waals surface area contributed by atoms with E-state index in [-0.39, 0.29) is 13.2 Å². The van der Waals surface area contributed by atoms with E-state index in [1.807, 2.05) is 0 Å². The topological polar surface area (TPSA) is 110 Å². The third kappa shape index (κ3) is 4.30. The number of ether oxygens (including phenoxy) is 5. The van der Waals surface area contributed by atoms with E-state index in [1.165, 1.54) is 14.1 Å². The van der Waals surface area contributed by atoms with Crippen molar-refractivity contribution in [2.75, 3.05) is 34.4 Å². The molecule has 0 spiro atoms. The molecule has 2 aliphatic heterocycles. The zero-order valence-electron chi connectivity index (χ0n) is 17.8. The van der Waals surface area contributed by atoms with Crippen LogP contribution in [0.15, 0.2) is 24.3 Å². The lowest BCUT2D eigenvalue weighted by Gasteiger charge is -2.42. The van der Waals surface area contributed by atoms with Crippen LogP contribution in [0.1, 0.15) is 18.8 Å². The first-order valence-corrected chi connectivity index (χ1v) is 11.5. The van der Waals surface area contributed by atoms with Gasteiger partial charge in [0, 0.05) is 25.6 Å². The molecule has 11 heteroatoms. The third-order valence-electron chi connectivity index (χ3n) is 5.73. The van der Waals surface area contributed by atoms with Gasteiger partial charge in [-0.2, -0.15) is 12.7 Å². The van der Waals surface area contributed by atoms with Crippen LogP contribution in [-0.2, 0) is 38.2 Å². The largest absolute Gasteiger partial charge is 0.497 e. The van der Waals surface area contributed by atoms with Crippen LogP contribution >= 0.6 is 0 Å². The molecule has 2 heterocycles. The summed E-state index contributed by atoms with van der Waals surface area (Å²) in [6.45, 7) is 2.11. The Morgan fingerprint density at radius 3 is 2.48 bits per heavy atom. The number of esters is 1. The number of hydrogen-bond acceptors (Lipinski definition) is 9. The Bertz CT molecular complexity index is 904. The van der Waals surface area contributed by atoms with E-state index in [1.54, 1.807) is 38.3 Å². The van der Waals surface area contributed by atoms with Gasteiger partial charge < -0.3 is 23.7 Å². The SMILES string of the molecule is CCOC(=O)C1[C@@H]2[C@@H](OS(=O)(=O)N(C)C)[C@@H]3O[C@H](c4ccc(OC)cc4)OC[C@H]3O[C@H]12. The van der Waals surface area contributed by atoms with E-state index in [4.69, 9.17) is 27.9 Å². The van der Waals surface area contributed by atoms with Crippen LogP contribution < -0.4 is 4.74 Å². The highest BCUT2D eigenvalue weighted by atomic mass is 32.2. The van der Waals surface area contributed by atoms with Crippen molar-refractivity contribution in [3.63, 3.8) is 0 Å². The molecular formula is C20H27NO9S. The minimum absolute atomic E-state index is 0.169. The molecule has 0 radical (unpaired) electrons. The molecule has 0 bridgehead atoms. The van der Waals surface area contributed by atoms with Crippen LogP contribution in [-0.4, -0.2) is 77.5 Å². The van der Waals surface area contributed by atoms with E-state index in [0.717, 1.165) is 9.87 Å². The number of fused-ring (bicyclic) bond motifs is 2. The molecule has 0 amide bonds. The lowest BCUT2D eigenvalue weighted by molar-refractivity contribution is -0.297.